The summed E-state index contributed by atoms with van der Waals surface area (Å²) in [5.41, 5.74) is 1.88. The van der Waals surface area contributed by atoms with Crippen molar-refractivity contribution in [2.75, 3.05) is 0 Å². The van der Waals surface area contributed by atoms with Crippen LogP contribution in [0.15, 0.2) is 65.1 Å². The number of hydrogen-bond donors (Lipinski definition) is 2. The number of carbonyl (C=O) groups is 2. The van der Waals surface area contributed by atoms with E-state index < -0.39 is 17.9 Å². The molecule has 0 fully saturated rings. The van der Waals surface area contributed by atoms with Crippen molar-refractivity contribution in [1.29, 1.82) is 0 Å². The molecule has 1 heterocycles. The van der Waals surface area contributed by atoms with Gasteiger partial charge >= 0.3 is 5.97 Å². The lowest BCUT2D eigenvalue weighted by Gasteiger charge is -2.16. The topological polar surface area (TPSA) is 92.4 Å². The second-order valence-electron chi connectivity index (χ2n) is 6.25. The average Bonchev–Trinajstić information content (AvgIpc) is 3.04. The standard InChI is InChI=1S/C21H20N2O4/c1-14-19(23-21(27-14)16-10-6-3-7-11-16)20(26)22-17(13-18(24)25)12-15-8-4-2-5-9-15/h2-11,17H,12-13H2,1H3,(H,22,26)(H,24,25). The van der Waals surface area contributed by atoms with Crippen molar-refractivity contribution in [3.63, 3.8) is 0 Å². The lowest BCUT2D eigenvalue weighted by molar-refractivity contribution is -0.137. The lowest BCUT2D eigenvalue weighted by atomic mass is 10.0. The normalized spacial score (nSPS) is 11.7. The summed E-state index contributed by atoms with van der Waals surface area (Å²) in [5, 5.41) is 11.9. The van der Waals surface area contributed by atoms with E-state index in [9.17, 15) is 9.59 Å². The molecule has 1 atom stereocenters. The Morgan fingerprint density at radius 2 is 1.70 bits per heavy atom. The van der Waals surface area contributed by atoms with Crippen LogP contribution in [0.3, 0.4) is 0 Å². The Balaban J connectivity index is 1.77. The zero-order chi connectivity index (χ0) is 19.2. The number of nitrogens with one attached hydrogen (secondary N) is 1. The summed E-state index contributed by atoms with van der Waals surface area (Å²) in [6.45, 7) is 1.66. The van der Waals surface area contributed by atoms with Crippen LogP contribution in [-0.2, 0) is 11.2 Å². The third-order valence-corrected chi connectivity index (χ3v) is 4.11. The van der Waals surface area contributed by atoms with Gasteiger partial charge in [-0.2, -0.15) is 0 Å². The van der Waals surface area contributed by atoms with Gasteiger partial charge in [0.2, 0.25) is 5.89 Å². The minimum atomic E-state index is -0.974. The van der Waals surface area contributed by atoms with Crippen molar-refractivity contribution >= 4 is 11.9 Å². The molecule has 2 aromatic carbocycles. The van der Waals surface area contributed by atoms with E-state index in [0.29, 0.717) is 18.1 Å². The van der Waals surface area contributed by atoms with Crippen LogP contribution in [0.1, 0.15) is 28.2 Å². The Kier molecular flexibility index (Phi) is 5.66. The molecule has 1 amide bonds. The number of aryl methyl sites for hydroxylation is 1. The van der Waals surface area contributed by atoms with Crippen molar-refractivity contribution in [3.05, 3.63) is 77.7 Å². The molecule has 1 unspecified atom stereocenters. The summed E-state index contributed by atoms with van der Waals surface area (Å²) in [4.78, 5) is 28.1. The maximum absolute atomic E-state index is 12.7. The van der Waals surface area contributed by atoms with Gasteiger partial charge < -0.3 is 14.8 Å². The first-order valence-electron chi connectivity index (χ1n) is 8.62. The van der Waals surface area contributed by atoms with Gasteiger partial charge in [-0.15, -0.1) is 0 Å². The van der Waals surface area contributed by atoms with Crippen LogP contribution in [0.2, 0.25) is 0 Å². The van der Waals surface area contributed by atoms with Gasteiger partial charge in [0, 0.05) is 11.6 Å². The van der Waals surface area contributed by atoms with Crippen molar-refractivity contribution in [2.45, 2.75) is 25.8 Å². The number of carboxylic acids is 1. The zero-order valence-corrected chi connectivity index (χ0v) is 14.9. The highest BCUT2D eigenvalue weighted by Crippen LogP contribution is 2.21. The van der Waals surface area contributed by atoms with E-state index in [0.717, 1.165) is 11.1 Å². The molecule has 3 aromatic rings. The summed E-state index contributed by atoms with van der Waals surface area (Å²) in [7, 11) is 0. The first kappa shape index (κ1) is 18.4. The van der Waals surface area contributed by atoms with Crippen LogP contribution in [0.5, 0.6) is 0 Å². The van der Waals surface area contributed by atoms with Gasteiger partial charge in [-0.05, 0) is 31.0 Å². The molecule has 3 rings (SSSR count). The highest BCUT2D eigenvalue weighted by Gasteiger charge is 2.22. The van der Waals surface area contributed by atoms with Crippen LogP contribution in [0.25, 0.3) is 11.5 Å². The van der Waals surface area contributed by atoms with Crippen LogP contribution < -0.4 is 5.32 Å². The van der Waals surface area contributed by atoms with Gasteiger partial charge in [-0.25, -0.2) is 4.98 Å². The van der Waals surface area contributed by atoms with Crippen LogP contribution in [0, 0.1) is 6.92 Å². The maximum Gasteiger partial charge on any atom is 0.305 e. The summed E-state index contributed by atoms with van der Waals surface area (Å²) in [6.07, 6.45) is 0.240. The number of carboxylic acid groups (broad SMARTS) is 1. The molecular formula is C21H20N2O4. The number of amides is 1. The van der Waals surface area contributed by atoms with E-state index in [-0.39, 0.29) is 12.1 Å². The summed E-state index contributed by atoms with van der Waals surface area (Å²) >= 11 is 0. The van der Waals surface area contributed by atoms with E-state index >= 15 is 0 Å². The van der Waals surface area contributed by atoms with E-state index in [1.165, 1.54) is 0 Å². The van der Waals surface area contributed by atoms with E-state index in [2.05, 4.69) is 10.3 Å². The average molecular weight is 364 g/mol. The monoisotopic (exact) mass is 364 g/mol. The highest BCUT2D eigenvalue weighted by molar-refractivity contribution is 5.94. The van der Waals surface area contributed by atoms with E-state index in [1.807, 2.05) is 60.7 Å². The predicted molar refractivity (Wildman–Crippen MR) is 100 cm³/mol. The van der Waals surface area contributed by atoms with Crippen LogP contribution in [0.4, 0.5) is 0 Å². The molecule has 27 heavy (non-hydrogen) atoms. The molecule has 1 aromatic heterocycles. The minimum Gasteiger partial charge on any atom is -0.481 e. The van der Waals surface area contributed by atoms with Gasteiger partial charge in [0.15, 0.2) is 5.69 Å². The predicted octanol–water partition coefficient (Wildman–Crippen LogP) is 3.47. The fourth-order valence-corrected chi connectivity index (χ4v) is 2.85. The smallest absolute Gasteiger partial charge is 0.305 e. The minimum absolute atomic E-state index is 0.164. The molecule has 0 spiro atoms. The fourth-order valence-electron chi connectivity index (χ4n) is 2.85. The van der Waals surface area contributed by atoms with Crippen LogP contribution >= 0.6 is 0 Å². The van der Waals surface area contributed by atoms with Gasteiger partial charge in [-0.3, -0.25) is 9.59 Å². The number of nitrogens with zero attached hydrogens (tertiary/aromatic N) is 1. The third kappa shape index (κ3) is 4.82. The van der Waals surface area contributed by atoms with Gasteiger partial charge in [0.1, 0.15) is 5.76 Å². The van der Waals surface area contributed by atoms with Crippen molar-refractivity contribution in [3.8, 4) is 11.5 Å². The van der Waals surface area contributed by atoms with Gasteiger partial charge in [0.25, 0.3) is 5.91 Å². The summed E-state index contributed by atoms with van der Waals surface area (Å²) in [5.74, 6) is -0.671. The number of aromatic nitrogens is 1. The molecule has 0 saturated heterocycles. The Morgan fingerprint density at radius 3 is 2.33 bits per heavy atom. The number of aliphatic carboxylic acids is 1. The molecule has 6 heteroatoms. The number of benzene rings is 2. The van der Waals surface area contributed by atoms with Crippen LogP contribution in [-0.4, -0.2) is 28.0 Å². The van der Waals surface area contributed by atoms with E-state index in [4.69, 9.17) is 9.52 Å². The molecule has 0 bridgehead atoms. The van der Waals surface area contributed by atoms with Crippen molar-refractivity contribution < 1.29 is 19.1 Å². The van der Waals surface area contributed by atoms with Gasteiger partial charge in [-0.1, -0.05) is 48.5 Å². The molecule has 0 saturated carbocycles. The number of carbonyl (C=O) groups excluding carboxylic acids is 1. The molecular weight excluding hydrogens is 344 g/mol. The Labute approximate surface area is 156 Å². The van der Waals surface area contributed by atoms with Crippen molar-refractivity contribution in [1.82, 2.24) is 10.3 Å². The third-order valence-electron chi connectivity index (χ3n) is 4.11. The quantitative estimate of drug-likeness (QED) is 0.670. The maximum atomic E-state index is 12.7. The van der Waals surface area contributed by atoms with Crippen molar-refractivity contribution in [2.24, 2.45) is 0 Å². The first-order chi connectivity index (χ1) is 13.0. The highest BCUT2D eigenvalue weighted by atomic mass is 16.4. The van der Waals surface area contributed by atoms with Gasteiger partial charge in [0.05, 0.1) is 6.42 Å². The zero-order valence-electron chi connectivity index (χ0n) is 14.9. The lowest BCUT2D eigenvalue weighted by Crippen LogP contribution is -2.38. The molecule has 0 aliphatic rings. The Hall–Kier alpha value is -3.41. The van der Waals surface area contributed by atoms with E-state index in [1.54, 1.807) is 6.92 Å². The first-order valence-corrected chi connectivity index (χ1v) is 8.62. The largest absolute Gasteiger partial charge is 0.481 e. The molecule has 0 aliphatic carbocycles. The number of hydrogen-bond acceptors (Lipinski definition) is 4. The Bertz CT molecular complexity index is 920. The summed E-state index contributed by atoms with van der Waals surface area (Å²) < 4.78 is 5.61. The molecule has 0 radical (unpaired) electrons. The number of oxazole rings is 1. The molecule has 6 nitrogen and oxygen atoms in total. The molecule has 0 aliphatic heterocycles. The number of rotatable bonds is 7. The SMILES string of the molecule is Cc1oc(-c2ccccc2)nc1C(=O)NC(CC(=O)O)Cc1ccccc1. The molecule has 2 N–H and O–H groups in total. The molecule has 138 valence electrons. The fraction of sp³-hybridized carbons (Fsp3) is 0.190. The second-order valence-corrected chi connectivity index (χ2v) is 6.25. The second kappa shape index (κ2) is 8.31. The Morgan fingerprint density at radius 1 is 1.07 bits per heavy atom. The summed E-state index contributed by atoms with van der Waals surface area (Å²) in [6, 6.07) is 18.2.